The van der Waals surface area contributed by atoms with Gasteiger partial charge < -0.3 is 10.1 Å². The van der Waals surface area contributed by atoms with E-state index in [9.17, 15) is 43.5 Å². The Morgan fingerprint density at radius 1 is 1.03 bits per heavy atom. The molecule has 0 aliphatic carbocycles. The van der Waals surface area contributed by atoms with Crippen LogP contribution in [0.1, 0.15) is 11.1 Å². The first-order chi connectivity index (χ1) is 17.8. The zero-order valence-electron chi connectivity index (χ0n) is 18.5. The second-order valence-corrected chi connectivity index (χ2v) is 8.99. The van der Waals surface area contributed by atoms with E-state index in [4.69, 9.17) is 4.74 Å². The number of non-ortho nitro benzene ring substituents is 1. The van der Waals surface area contributed by atoms with Crippen molar-refractivity contribution in [1.29, 1.82) is 5.26 Å². The molecule has 1 N–H and O–H groups in total. The second kappa shape index (κ2) is 11.4. The lowest BCUT2D eigenvalue weighted by Crippen LogP contribution is -2.14. The third-order valence-corrected chi connectivity index (χ3v) is 5.88. The van der Waals surface area contributed by atoms with Crippen LogP contribution in [0.5, 0.6) is 11.5 Å². The molecule has 3 rings (SSSR count). The number of nitro benzene ring substituents is 2. The largest absolute Gasteiger partial charge is 0.448 e. The summed E-state index contributed by atoms with van der Waals surface area (Å²) in [6.45, 7) is 0. The fraction of sp³-hybridized carbons (Fsp3) is 0.0435. The van der Waals surface area contributed by atoms with E-state index in [0.717, 1.165) is 42.5 Å². The molecule has 3 aromatic rings. The fourth-order valence-electron chi connectivity index (χ4n) is 3.01. The minimum Gasteiger partial charge on any atom is -0.448 e. The van der Waals surface area contributed by atoms with Crippen LogP contribution in [0.2, 0.25) is 0 Å². The third-order valence-electron chi connectivity index (χ3n) is 4.71. The molecule has 0 radical (unpaired) electrons. The Labute approximate surface area is 227 Å². The van der Waals surface area contributed by atoms with Crippen molar-refractivity contribution in [3.8, 4) is 17.6 Å². The van der Waals surface area contributed by atoms with Gasteiger partial charge in [0.15, 0.2) is 5.75 Å². The van der Waals surface area contributed by atoms with Gasteiger partial charge >= 0.3 is 11.9 Å². The zero-order chi connectivity index (χ0) is 28.2. The van der Waals surface area contributed by atoms with Crippen molar-refractivity contribution in [3.63, 3.8) is 0 Å². The molecule has 0 bridgehead atoms. The van der Waals surface area contributed by atoms with Crippen LogP contribution in [0.3, 0.4) is 0 Å². The number of nitro groups is 2. The van der Waals surface area contributed by atoms with E-state index in [1.54, 1.807) is 6.07 Å². The molecule has 0 aromatic heterocycles. The van der Waals surface area contributed by atoms with Crippen molar-refractivity contribution in [2.24, 2.45) is 0 Å². The molecule has 38 heavy (non-hydrogen) atoms. The first kappa shape index (κ1) is 28.3. The number of halogens is 5. The smallest absolute Gasteiger partial charge is 0.416 e. The van der Waals surface area contributed by atoms with Gasteiger partial charge in [0, 0.05) is 11.8 Å². The van der Waals surface area contributed by atoms with Gasteiger partial charge in [0.05, 0.1) is 30.4 Å². The van der Waals surface area contributed by atoms with E-state index in [1.807, 2.05) is 0 Å². The minimum absolute atomic E-state index is 0.0472. The van der Waals surface area contributed by atoms with Crippen LogP contribution >= 0.6 is 31.9 Å². The van der Waals surface area contributed by atoms with E-state index < -0.39 is 44.4 Å². The van der Waals surface area contributed by atoms with Crippen molar-refractivity contribution in [1.82, 2.24) is 0 Å². The lowest BCUT2D eigenvalue weighted by atomic mass is 10.1. The van der Waals surface area contributed by atoms with Crippen LogP contribution in [-0.4, -0.2) is 15.8 Å². The van der Waals surface area contributed by atoms with Gasteiger partial charge in [0.2, 0.25) is 5.75 Å². The number of nitrogens with one attached hydrogen (secondary N) is 1. The number of anilines is 1. The monoisotopic (exact) mass is 654 g/mol. The number of benzene rings is 3. The first-order valence-corrected chi connectivity index (χ1v) is 11.6. The van der Waals surface area contributed by atoms with E-state index in [0.29, 0.717) is 0 Å². The lowest BCUT2D eigenvalue weighted by Gasteiger charge is -2.12. The molecule has 0 aliphatic heterocycles. The van der Waals surface area contributed by atoms with Crippen LogP contribution in [0.4, 0.5) is 30.2 Å². The first-order valence-electron chi connectivity index (χ1n) is 10.00. The van der Waals surface area contributed by atoms with Crippen LogP contribution < -0.4 is 10.1 Å². The number of alkyl halides is 3. The molecule has 0 heterocycles. The summed E-state index contributed by atoms with van der Waals surface area (Å²) in [5, 5.41) is 34.0. The molecule has 0 aliphatic rings. The molecular weight excluding hydrogens is 645 g/mol. The van der Waals surface area contributed by atoms with Gasteiger partial charge in [-0.2, -0.15) is 18.4 Å². The summed E-state index contributed by atoms with van der Waals surface area (Å²) in [5.41, 5.74) is -2.45. The van der Waals surface area contributed by atoms with E-state index in [2.05, 4.69) is 37.2 Å². The number of nitriles is 1. The Morgan fingerprint density at radius 2 is 1.68 bits per heavy atom. The minimum atomic E-state index is -4.62. The van der Waals surface area contributed by atoms with Crippen LogP contribution in [0.15, 0.2) is 69.1 Å². The summed E-state index contributed by atoms with van der Waals surface area (Å²) in [5.74, 6) is -1.20. The molecule has 3 aromatic carbocycles. The number of ether oxygens (including phenoxy) is 1. The van der Waals surface area contributed by atoms with Crippen LogP contribution in [-0.2, 0) is 11.0 Å². The molecule has 1 amide bonds. The number of hydrogen-bond acceptors (Lipinski definition) is 7. The fourth-order valence-corrected chi connectivity index (χ4v) is 4.39. The Balaban J connectivity index is 1.89. The maximum absolute atomic E-state index is 12.9. The molecule has 0 saturated heterocycles. The Morgan fingerprint density at radius 3 is 2.24 bits per heavy atom. The Hall–Kier alpha value is -4.29. The molecule has 0 saturated carbocycles. The van der Waals surface area contributed by atoms with Crippen molar-refractivity contribution in [3.05, 3.63) is 100 Å². The number of carbonyl (C=O) groups excluding carboxylic acids is 1. The normalized spacial score (nSPS) is 11.4. The number of rotatable bonds is 7. The predicted molar refractivity (Wildman–Crippen MR) is 135 cm³/mol. The average molecular weight is 656 g/mol. The number of amides is 1. The van der Waals surface area contributed by atoms with Gasteiger partial charge in [-0.3, -0.25) is 25.0 Å². The van der Waals surface area contributed by atoms with Crippen molar-refractivity contribution >= 4 is 60.9 Å². The maximum Gasteiger partial charge on any atom is 0.416 e. The molecule has 15 heteroatoms. The van der Waals surface area contributed by atoms with Crippen molar-refractivity contribution < 1.29 is 32.5 Å². The van der Waals surface area contributed by atoms with Gasteiger partial charge in [-0.25, -0.2) is 0 Å². The SMILES string of the molecule is N#C/C(=C\c1cc(Br)c(Oc2ccc([N+](=O)[O-])cc2[N+](=O)[O-])c(Br)c1)C(=O)Nc1cccc(C(F)(F)F)c1. The Kier molecular flexibility index (Phi) is 8.49. The number of hydrogen-bond donors (Lipinski definition) is 1. The van der Waals surface area contributed by atoms with Crippen LogP contribution in [0.25, 0.3) is 6.08 Å². The number of nitrogens with zero attached hydrogens (tertiary/aromatic N) is 3. The summed E-state index contributed by atoms with van der Waals surface area (Å²) < 4.78 is 44.8. The molecule has 0 atom stereocenters. The maximum atomic E-state index is 12.9. The van der Waals surface area contributed by atoms with Gasteiger partial charge in [0.1, 0.15) is 11.6 Å². The lowest BCUT2D eigenvalue weighted by molar-refractivity contribution is -0.394. The summed E-state index contributed by atoms with van der Waals surface area (Å²) in [6, 6.07) is 11.2. The molecule has 0 fully saturated rings. The van der Waals surface area contributed by atoms with Crippen molar-refractivity contribution in [2.75, 3.05) is 5.32 Å². The van der Waals surface area contributed by atoms with Gasteiger partial charge in [-0.15, -0.1) is 0 Å². The van der Waals surface area contributed by atoms with Crippen LogP contribution in [0, 0.1) is 31.6 Å². The van der Waals surface area contributed by atoms with E-state index in [-0.39, 0.29) is 31.7 Å². The standard InChI is InChI=1S/C23H11Br2F3N4O6/c24-17-7-12(6-13(11-29)22(33)30-15-3-1-2-14(9-15)23(26,27)28)8-18(25)21(17)38-20-5-4-16(31(34)35)10-19(20)32(36)37/h1-10H,(H,30,33)/b13-6+. The predicted octanol–water partition coefficient (Wildman–Crippen LogP) is 7.38. The third kappa shape index (κ3) is 6.72. The molecule has 0 spiro atoms. The highest BCUT2D eigenvalue weighted by molar-refractivity contribution is 9.11. The van der Waals surface area contributed by atoms with Gasteiger partial charge in [-0.05, 0) is 79.9 Å². The zero-order valence-corrected chi connectivity index (χ0v) is 21.6. The quantitative estimate of drug-likeness (QED) is 0.121. The summed E-state index contributed by atoms with van der Waals surface area (Å²) >= 11 is 6.46. The summed E-state index contributed by atoms with van der Waals surface area (Å²) in [7, 11) is 0. The Bertz CT molecular complexity index is 1510. The van der Waals surface area contributed by atoms with Gasteiger partial charge in [-0.1, -0.05) is 6.07 Å². The highest BCUT2D eigenvalue weighted by atomic mass is 79.9. The molecule has 0 unspecified atom stereocenters. The molecule has 194 valence electrons. The van der Waals surface area contributed by atoms with Gasteiger partial charge in [0.25, 0.3) is 11.6 Å². The highest BCUT2D eigenvalue weighted by Crippen LogP contribution is 2.42. The summed E-state index contributed by atoms with van der Waals surface area (Å²) in [4.78, 5) is 33.2. The average Bonchev–Trinajstić information content (AvgIpc) is 2.84. The molecule has 10 nitrogen and oxygen atoms in total. The number of carbonyl (C=O) groups is 1. The van der Waals surface area contributed by atoms with E-state index >= 15 is 0 Å². The highest BCUT2D eigenvalue weighted by Gasteiger charge is 2.30. The second-order valence-electron chi connectivity index (χ2n) is 7.28. The molecular formula is C23H11Br2F3N4O6. The topological polar surface area (TPSA) is 148 Å². The van der Waals surface area contributed by atoms with Crippen molar-refractivity contribution in [2.45, 2.75) is 6.18 Å². The van der Waals surface area contributed by atoms with E-state index in [1.165, 1.54) is 18.2 Å². The summed E-state index contributed by atoms with van der Waals surface area (Å²) in [6.07, 6.45) is -3.46.